The summed E-state index contributed by atoms with van der Waals surface area (Å²) in [6.07, 6.45) is 2.52. The number of hydrogen-bond acceptors (Lipinski definition) is 5. The Kier molecular flexibility index (Phi) is 6.18. The van der Waals surface area contributed by atoms with Crippen molar-refractivity contribution in [3.63, 3.8) is 0 Å². The normalized spacial score (nSPS) is 15.4. The molecular weight excluding hydrogens is 318 g/mol. The van der Waals surface area contributed by atoms with Gasteiger partial charge in [0, 0.05) is 32.9 Å². The van der Waals surface area contributed by atoms with Gasteiger partial charge in [-0.1, -0.05) is 12.1 Å². The van der Waals surface area contributed by atoms with E-state index >= 15 is 0 Å². The molecule has 1 aliphatic heterocycles. The molecule has 1 fully saturated rings. The molecule has 1 saturated heterocycles. The molecule has 1 atom stereocenters. The maximum Gasteiger partial charge on any atom is 0.349 e. The molecule has 0 N–H and O–H groups in total. The van der Waals surface area contributed by atoms with Crippen molar-refractivity contribution in [3.05, 3.63) is 35.4 Å². The first-order chi connectivity index (χ1) is 11.9. The topological polar surface area (TPSA) is 73.6 Å². The largest absolute Gasteiger partial charge is 0.448 e. The van der Waals surface area contributed by atoms with Crippen molar-refractivity contribution in [3.8, 4) is 6.07 Å². The Morgan fingerprint density at radius 2 is 1.84 bits per heavy atom. The fourth-order valence-electron chi connectivity index (χ4n) is 2.64. The quantitative estimate of drug-likeness (QED) is 0.466. The molecule has 25 heavy (non-hydrogen) atoms. The zero-order valence-electron chi connectivity index (χ0n) is 14.9. The Labute approximate surface area is 148 Å². The molecule has 1 aromatic carbocycles. The molecule has 6 heteroatoms. The number of carbonyl (C=O) groups excluding carboxylic acids is 2. The number of hydrogen-bond donors (Lipinski definition) is 0. The first-order valence-corrected chi connectivity index (χ1v) is 8.31. The maximum absolute atomic E-state index is 12.2. The van der Waals surface area contributed by atoms with Gasteiger partial charge < -0.3 is 14.5 Å². The average molecular weight is 341 g/mol. The summed E-state index contributed by atoms with van der Waals surface area (Å²) in [4.78, 5) is 28.0. The van der Waals surface area contributed by atoms with E-state index in [9.17, 15) is 14.9 Å². The molecule has 0 unspecified atom stereocenters. The van der Waals surface area contributed by atoms with E-state index in [4.69, 9.17) is 4.74 Å². The number of rotatable bonds is 5. The predicted molar refractivity (Wildman–Crippen MR) is 95.7 cm³/mol. The minimum absolute atomic E-state index is 0.126. The predicted octanol–water partition coefficient (Wildman–Crippen LogP) is 2.21. The number of nitrogens with zero attached hydrogens (tertiary/aromatic N) is 3. The van der Waals surface area contributed by atoms with Gasteiger partial charge in [0.1, 0.15) is 11.6 Å². The molecule has 1 aromatic rings. The summed E-state index contributed by atoms with van der Waals surface area (Å²) in [5, 5.41) is 9.24. The number of carbonyl (C=O) groups is 2. The summed E-state index contributed by atoms with van der Waals surface area (Å²) >= 11 is 0. The Hall–Kier alpha value is -2.81. The summed E-state index contributed by atoms with van der Waals surface area (Å²) in [7, 11) is 3.86. The van der Waals surface area contributed by atoms with E-state index < -0.39 is 12.1 Å². The standard InChI is InChI=1S/C19H23N3O3/c1-14(18(23)22-10-4-5-11-22)25-19(24)16(13-20)12-15-6-8-17(9-7-15)21(2)3/h6-9,12,14H,4-5,10-11H2,1-3H3/b16-12+/t14-/m0/s1. The van der Waals surface area contributed by atoms with Crippen LogP contribution in [0.3, 0.4) is 0 Å². The second kappa shape index (κ2) is 8.34. The lowest BCUT2D eigenvalue weighted by atomic mass is 10.1. The first-order valence-electron chi connectivity index (χ1n) is 8.31. The van der Waals surface area contributed by atoms with Crippen LogP contribution >= 0.6 is 0 Å². The molecule has 0 aromatic heterocycles. The highest BCUT2D eigenvalue weighted by Gasteiger charge is 2.26. The molecule has 1 aliphatic rings. The van der Waals surface area contributed by atoms with Crippen molar-refractivity contribution >= 4 is 23.6 Å². The minimum atomic E-state index is -0.890. The first kappa shape index (κ1) is 18.5. The number of benzene rings is 1. The van der Waals surface area contributed by atoms with E-state index in [0.717, 1.165) is 24.1 Å². The molecule has 0 aliphatic carbocycles. The number of esters is 1. The van der Waals surface area contributed by atoms with E-state index in [0.29, 0.717) is 13.1 Å². The number of nitriles is 1. The number of anilines is 1. The molecular formula is C19H23N3O3. The summed E-state index contributed by atoms with van der Waals surface area (Å²) < 4.78 is 5.18. The molecule has 1 amide bonds. The highest BCUT2D eigenvalue weighted by Crippen LogP contribution is 2.16. The zero-order chi connectivity index (χ0) is 18.4. The molecule has 0 spiro atoms. The van der Waals surface area contributed by atoms with Crippen LogP contribution in [0, 0.1) is 11.3 Å². The SMILES string of the molecule is C[C@H](OC(=O)/C(C#N)=C/c1ccc(N(C)C)cc1)C(=O)N1CCCC1. The molecule has 0 bridgehead atoms. The van der Waals surface area contributed by atoms with Crippen LogP contribution in [0.25, 0.3) is 6.08 Å². The van der Waals surface area contributed by atoms with Gasteiger partial charge in [0.05, 0.1) is 0 Å². The van der Waals surface area contributed by atoms with Crippen LogP contribution in [-0.2, 0) is 14.3 Å². The minimum Gasteiger partial charge on any atom is -0.448 e. The Bertz CT molecular complexity index is 696. The Balaban J connectivity index is 2.04. The van der Waals surface area contributed by atoms with Crippen LogP contribution in [0.1, 0.15) is 25.3 Å². The van der Waals surface area contributed by atoms with Gasteiger partial charge >= 0.3 is 5.97 Å². The van der Waals surface area contributed by atoms with Gasteiger partial charge in [-0.15, -0.1) is 0 Å². The van der Waals surface area contributed by atoms with Crippen molar-refractivity contribution in [1.82, 2.24) is 4.90 Å². The van der Waals surface area contributed by atoms with Crippen molar-refractivity contribution < 1.29 is 14.3 Å². The smallest absolute Gasteiger partial charge is 0.349 e. The number of amides is 1. The lowest BCUT2D eigenvalue weighted by Crippen LogP contribution is -2.38. The third kappa shape index (κ3) is 4.83. The second-order valence-corrected chi connectivity index (χ2v) is 6.24. The third-order valence-corrected chi connectivity index (χ3v) is 4.11. The summed E-state index contributed by atoms with van der Waals surface area (Å²) in [6, 6.07) is 9.28. The third-order valence-electron chi connectivity index (χ3n) is 4.11. The van der Waals surface area contributed by atoms with Gasteiger partial charge in [-0.25, -0.2) is 4.79 Å². The summed E-state index contributed by atoms with van der Waals surface area (Å²) in [6.45, 7) is 2.93. The van der Waals surface area contributed by atoms with Gasteiger partial charge in [0.15, 0.2) is 6.10 Å². The van der Waals surface area contributed by atoms with Gasteiger partial charge in [-0.3, -0.25) is 4.79 Å². The fraction of sp³-hybridized carbons (Fsp3) is 0.421. The second-order valence-electron chi connectivity index (χ2n) is 6.24. The van der Waals surface area contributed by atoms with Crippen molar-refractivity contribution in [1.29, 1.82) is 5.26 Å². The number of likely N-dealkylation sites (tertiary alicyclic amines) is 1. The lowest BCUT2D eigenvalue weighted by Gasteiger charge is -2.20. The van der Waals surface area contributed by atoms with Crippen molar-refractivity contribution in [2.75, 3.05) is 32.1 Å². The van der Waals surface area contributed by atoms with Crippen LogP contribution < -0.4 is 4.90 Å². The lowest BCUT2D eigenvalue weighted by molar-refractivity contribution is -0.155. The summed E-state index contributed by atoms with van der Waals surface area (Å²) in [5.74, 6) is -0.988. The van der Waals surface area contributed by atoms with Crippen LogP contribution in [0.4, 0.5) is 5.69 Å². The van der Waals surface area contributed by atoms with E-state index in [-0.39, 0.29) is 11.5 Å². The van der Waals surface area contributed by atoms with Crippen molar-refractivity contribution in [2.24, 2.45) is 0 Å². The van der Waals surface area contributed by atoms with Gasteiger partial charge in [0.2, 0.25) is 0 Å². The molecule has 132 valence electrons. The van der Waals surface area contributed by atoms with Crippen LogP contribution in [0.2, 0.25) is 0 Å². The summed E-state index contributed by atoms with van der Waals surface area (Å²) in [5.41, 5.74) is 1.61. The van der Waals surface area contributed by atoms with E-state index in [1.165, 1.54) is 6.08 Å². The highest BCUT2D eigenvalue weighted by atomic mass is 16.5. The highest BCUT2D eigenvalue weighted by molar-refractivity contribution is 5.99. The average Bonchev–Trinajstić information content (AvgIpc) is 3.13. The Morgan fingerprint density at radius 3 is 2.36 bits per heavy atom. The molecule has 6 nitrogen and oxygen atoms in total. The maximum atomic E-state index is 12.2. The monoisotopic (exact) mass is 341 g/mol. The van der Waals surface area contributed by atoms with E-state index in [1.54, 1.807) is 11.8 Å². The van der Waals surface area contributed by atoms with Gasteiger partial charge in [-0.2, -0.15) is 5.26 Å². The molecule has 2 rings (SSSR count). The van der Waals surface area contributed by atoms with Crippen LogP contribution in [0.5, 0.6) is 0 Å². The Morgan fingerprint density at radius 1 is 1.24 bits per heavy atom. The van der Waals surface area contributed by atoms with E-state index in [1.807, 2.05) is 49.3 Å². The van der Waals surface area contributed by atoms with Crippen LogP contribution in [-0.4, -0.2) is 50.1 Å². The molecule has 0 radical (unpaired) electrons. The molecule has 1 heterocycles. The number of ether oxygens (including phenoxy) is 1. The van der Waals surface area contributed by atoms with Crippen LogP contribution in [0.15, 0.2) is 29.8 Å². The molecule has 0 saturated carbocycles. The zero-order valence-corrected chi connectivity index (χ0v) is 14.9. The fourth-order valence-corrected chi connectivity index (χ4v) is 2.64. The van der Waals surface area contributed by atoms with Gasteiger partial charge in [-0.05, 0) is 43.5 Å². The van der Waals surface area contributed by atoms with E-state index in [2.05, 4.69) is 0 Å². The van der Waals surface area contributed by atoms with Gasteiger partial charge in [0.25, 0.3) is 5.91 Å². The van der Waals surface area contributed by atoms with Crippen molar-refractivity contribution in [2.45, 2.75) is 25.9 Å².